The standard InChI is InChI=1S/C10H11N3O3S/c1-6(9(11)14)17(15,16)10-12-7-4-2-3-5-8(7)13-10/h2-6H,1H3,(H2,11,14)(H,12,13). The lowest BCUT2D eigenvalue weighted by atomic mass is 10.3. The number of nitrogens with two attached hydrogens (primary N) is 1. The second kappa shape index (κ2) is 3.85. The monoisotopic (exact) mass is 253 g/mol. The molecule has 2 aromatic rings. The number of hydrogen-bond donors (Lipinski definition) is 2. The maximum Gasteiger partial charge on any atom is 0.235 e. The van der Waals surface area contributed by atoms with E-state index in [-0.39, 0.29) is 5.16 Å². The number of nitrogens with one attached hydrogen (secondary N) is 1. The van der Waals surface area contributed by atoms with Gasteiger partial charge >= 0.3 is 0 Å². The zero-order valence-electron chi connectivity index (χ0n) is 9.04. The molecule has 0 radical (unpaired) electrons. The number of hydrogen-bond acceptors (Lipinski definition) is 4. The summed E-state index contributed by atoms with van der Waals surface area (Å²) < 4.78 is 23.9. The Labute approximate surface area is 97.8 Å². The molecule has 7 heteroatoms. The summed E-state index contributed by atoms with van der Waals surface area (Å²) in [7, 11) is -3.84. The SMILES string of the molecule is CC(C(N)=O)S(=O)(=O)c1nc2ccccc2[nH]1. The highest BCUT2D eigenvalue weighted by molar-refractivity contribution is 7.92. The number of carbonyl (C=O) groups excluding carboxylic acids is 1. The Morgan fingerprint density at radius 3 is 2.65 bits per heavy atom. The quantitative estimate of drug-likeness (QED) is 0.815. The second-order valence-electron chi connectivity index (χ2n) is 3.65. The normalized spacial score (nSPS) is 13.7. The number of amides is 1. The molecule has 0 bridgehead atoms. The molecule has 17 heavy (non-hydrogen) atoms. The largest absolute Gasteiger partial charge is 0.369 e. The van der Waals surface area contributed by atoms with Crippen LogP contribution in [0.25, 0.3) is 11.0 Å². The Balaban J connectivity index is 2.57. The van der Waals surface area contributed by atoms with E-state index in [9.17, 15) is 13.2 Å². The summed E-state index contributed by atoms with van der Waals surface area (Å²) in [5.74, 6) is -0.898. The van der Waals surface area contributed by atoms with Gasteiger partial charge in [0.15, 0.2) is 0 Å². The van der Waals surface area contributed by atoms with Crippen LogP contribution < -0.4 is 5.73 Å². The maximum atomic E-state index is 11.9. The average molecular weight is 253 g/mol. The first kappa shape index (κ1) is 11.6. The maximum absolute atomic E-state index is 11.9. The van der Waals surface area contributed by atoms with E-state index in [1.54, 1.807) is 24.3 Å². The van der Waals surface area contributed by atoms with Crippen LogP contribution in [0.5, 0.6) is 0 Å². The highest BCUT2D eigenvalue weighted by Crippen LogP contribution is 2.17. The molecule has 0 saturated heterocycles. The van der Waals surface area contributed by atoms with Gasteiger partial charge in [0.1, 0.15) is 5.25 Å². The Morgan fingerprint density at radius 2 is 2.06 bits per heavy atom. The first-order valence-electron chi connectivity index (χ1n) is 4.91. The number of benzene rings is 1. The number of imidazole rings is 1. The van der Waals surface area contributed by atoms with Crippen LogP contribution in [0.2, 0.25) is 0 Å². The van der Waals surface area contributed by atoms with Crippen LogP contribution in [-0.4, -0.2) is 29.5 Å². The van der Waals surface area contributed by atoms with E-state index in [2.05, 4.69) is 9.97 Å². The predicted molar refractivity (Wildman–Crippen MR) is 61.9 cm³/mol. The summed E-state index contributed by atoms with van der Waals surface area (Å²) in [6.45, 7) is 1.24. The first-order chi connectivity index (χ1) is 7.93. The number of H-pyrrole nitrogens is 1. The predicted octanol–water partition coefficient (Wildman–Crippen LogP) is 0.210. The highest BCUT2D eigenvalue weighted by Gasteiger charge is 2.30. The highest BCUT2D eigenvalue weighted by atomic mass is 32.2. The molecule has 2 rings (SSSR count). The molecule has 1 atom stereocenters. The molecule has 0 saturated carbocycles. The number of sulfone groups is 1. The lowest BCUT2D eigenvalue weighted by Gasteiger charge is -2.05. The number of aromatic amines is 1. The van der Waals surface area contributed by atoms with E-state index in [1.807, 2.05) is 0 Å². The fourth-order valence-corrected chi connectivity index (χ4v) is 2.50. The molecule has 1 aromatic heterocycles. The van der Waals surface area contributed by atoms with Gasteiger partial charge in [-0.3, -0.25) is 4.79 Å². The van der Waals surface area contributed by atoms with Gasteiger partial charge in [-0.15, -0.1) is 0 Å². The van der Waals surface area contributed by atoms with Crippen LogP contribution in [0.15, 0.2) is 29.4 Å². The summed E-state index contributed by atoms with van der Waals surface area (Å²) in [6.07, 6.45) is 0. The molecule has 1 aromatic carbocycles. The number of aromatic nitrogens is 2. The number of primary amides is 1. The van der Waals surface area contributed by atoms with E-state index in [0.717, 1.165) is 0 Å². The smallest absolute Gasteiger partial charge is 0.235 e. The van der Waals surface area contributed by atoms with Crippen LogP contribution in [0, 0.1) is 0 Å². The van der Waals surface area contributed by atoms with Gasteiger partial charge in [-0.05, 0) is 19.1 Å². The molecule has 3 N–H and O–H groups in total. The van der Waals surface area contributed by atoms with Gasteiger partial charge in [0.2, 0.25) is 20.9 Å². The van der Waals surface area contributed by atoms with E-state index in [1.165, 1.54) is 6.92 Å². The van der Waals surface area contributed by atoms with Gasteiger partial charge in [-0.25, -0.2) is 13.4 Å². The Kier molecular flexibility index (Phi) is 2.62. The minimum atomic E-state index is -3.84. The van der Waals surface area contributed by atoms with Crippen LogP contribution in [0.1, 0.15) is 6.92 Å². The number of carbonyl (C=O) groups is 1. The number of nitrogens with zero attached hydrogens (tertiary/aromatic N) is 1. The lowest BCUT2D eigenvalue weighted by molar-refractivity contribution is -0.117. The fourth-order valence-electron chi connectivity index (χ4n) is 1.38. The van der Waals surface area contributed by atoms with Crippen molar-refractivity contribution < 1.29 is 13.2 Å². The van der Waals surface area contributed by atoms with E-state index in [4.69, 9.17) is 5.73 Å². The topological polar surface area (TPSA) is 106 Å². The van der Waals surface area contributed by atoms with Crippen LogP contribution >= 0.6 is 0 Å². The Bertz CT molecular complexity index is 642. The minimum absolute atomic E-state index is 0.231. The molecular formula is C10H11N3O3S. The molecule has 0 aliphatic rings. The van der Waals surface area contributed by atoms with Crippen molar-refractivity contribution in [1.82, 2.24) is 9.97 Å². The molecule has 0 aliphatic heterocycles. The fraction of sp³-hybridized carbons (Fsp3) is 0.200. The van der Waals surface area contributed by atoms with Crippen molar-refractivity contribution in [2.24, 2.45) is 5.73 Å². The van der Waals surface area contributed by atoms with Gasteiger partial charge < -0.3 is 10.7 Å². The summed E-state index contributed by atoms with van der Waals surface area (Å²) in [5.41, 5.74) is 6.12. The Morgan fingerprint density at radius 1 is 1.41 bits per heavy atom. The molecule has 90 valence electrons. The Hall–Kier alpha value is -1.89. The average Bonchev–Trinajstić information content (AvgIpc) is 2.71. The zero-order valence-corrected chi connectivity index (χ0v) is 9.86. The van der Waals surface area contributed by atoms with Gasteiger partial charge in [0, 0.05) is 0 Å². The van der Waals surface area contributed by atoms with Crippen molar-refractivity contribution in [3.63, 3.8) is 0 Å². The number of fused-ring (bicyclic) bond motifs is 1. The minimum Gasteiger partial charge on any atom is -0.369 e. The summed E-state index contributed by atoms with van der Waals surface area (Å²) >= 11 is 0. The van der Waals surface area contributed by atoms with E-state index in [0.29, 0.717) is 11.0 Å². The van der Waals surface area contributed by atoms with Crippen molar-refractivity contribution in [2.45, 2.75) is 17.3 Å². The summed E-state index contributed by atoms with van der Waals surface area (Å²) in [5, 5.41) is -1.53. The number of para-hydroxylation sites is 2. The molecule has 1 amide bonds. The molecule has 6 nitrogen and oxygen atoms in total. The first-order valence-corrected chi connectivity index (χ1v) is 6.45. The van der Waals surface area contributed by atoms with Gasteiger partial charge in [0.05, 0.1) is 11.0 Å². The van der Waals surface area contributed by atoms with Crippen molar-refractivity contribution in [3.8, 4) is 0 Å². The van der Waals surface area contributed by atoms with Crippen LogP contribution in [-0.2, 0) is 14.6 Å². The summed E-state index contributed by atoms with van der Waals surface area (Å²) in [6, 6.07) is 6.89. The molecule has 0 spiro atoms. The number of rotatable bonds is 3. The molecule has 1 heterocycles. The zero-order chi connectivity index (χ0) is 12.6. The molecule has 0 aliphatic carbocycles. The third kappa shape index (κ3) is 1.89. The second-order valence-corrected chi connectivity index (χ2v) is 5.83. The van der Waals surface area contributed by atoms with Crippen molar-refractivity contribution in [2.75, 3.05) is 0 Å². The molecular weight excluding hydrogens is 242 g/mol. The van der Waals surface area contributed by atoms with Gasteiger partial charge in [-0.1, -0.05) is 12.1 Å². The van der Waals surface area contributed by atoms with Gasteiger partial charge in [-0.2, -0.15) is 0 Å². The van der Waals surface area contributed by atoms with E-state index >= 15 is 0 Å². The van der Waals surface area contributed by atoms with Gasteiger partial charge in [0.25, 0.3) is 0 Å². The third-order valence-electron chi connectivity index (χ3n) is 2.50. The summed E-state index contributed by atoms with van der Waals surface area (Å²) in [4.78, 5) is 17.5. The van der Waals surface area contributed by atoms with E-state index < -0.39 is 21.0 Å². The van der Waals surface area contributed by atoms with Crippen LogP contribution in [0.3, 0.4) is 0 Å². The van der Waals surface area contributed by atoms with Crippen molar-refractivity contribution in [1.29, 1.82) is 0 Å². The molecule has 1 unspecified atom stereocenters. The molecule has 0 fully saturated rings. The lowest BCUT2D eigenvalue weighted by Crippen LogP contribution is -2.33. The van der Waals surface area contributed by atoms with Crippen molar-refractivity contribution in [3.05, 3.63) is 24.3 Å². The third-order valence-corrected chi connectivity index (χ3v) is 4.40. The van der Waals surface area contributed by atoms with Crippen LogP contribution in [0.4, 0.5) is 0 Å². The van der Waals surface area contributed by atoms with Crippen molar-refractivity contribution >= 4 is 26.8 Å².